The maximum absolute atomic E-state index is 9.81. The zero-order chi connectivity index (χ0) is 9.28. The summed E-state index contributed by atoms with van der Waals surface area (Å²) in [5.74, 6) is -0.0741. The van der Waals surface area contributed by atoms with Crippen LogP contribution in [-0.4, -0.2) is 11.8 Å². The van der Waals surface area contributed by atoms with E-state index in [9.17, 15) is 9.59 Å². The van der Waals surface area contributed by atoms with Crippen LogP contribution in [0.4, 0.5) is 0 Å². The zero-order valence-electron chi connectivity index (χ0n) is 7.22. The molecule has 0 fully saturated rings. The summed E-state index contributed by atoms with van der Waals surface area (Å²) >= 11 is 0. The van der Waals surface area contributed by atoms with E-state index in [-0.39, 0.29) is 11.8 Å². The molecule has 11 heavy (non-hydrogen) atoms. The molecule has 3 nitrogen and oxygen atoms in total. The van der Waals surface area contributed by atoms with Crippen molar-refractivity contribution in [3.63, 3.8) is 0 Å². The van der Waals surface area contributed by atoms with Gasteiger partial charge >= 0.3 is 5.97 Å². The summed E-state index contributed by atoms with van der Waals surface area (Å²) in [7, 11) is 0. The predicted molar refractivity (Wildman–Crippen MR) is 42.9 cm³/mol. The Bertz CT molecular complexity index is 138. The van der Waals surface area contributed by atoms with Crippen LogP contribution >= 0.6 is 0 Å². The fourth-order valence-electron chi connectivity index (χ4n) is 0.117. The molecule has 64 valence electrons. The van der Waals surface area contributed by atoms with Gasteiger partial charge in [-0.25, -0.2) is 0 Å². The lowest BCUT2D eigenvalue weighted by molar-refractivity contribution is -0.135. The second-order valence-corrected chi connectivity index (χ2v) is 1.83. The van der Waals surface area contributed by atoms with Gasteiger partial charge in [-0.3, -0.25) is 4.79 Å². The first kappa shape index (κ1) is 12.5. The molecule has 0 saturated heterocycles. The highest BCUT2D eigenvalue weighted by Gasteiger charge is 1.79. The Morgan fingerprint density at radius 2 is 1.82 bits per heavy atom. The number of ketones is 1. The SMILES string of the molecule is C=COC(C)=O.CCC(C)=O. The first-order valence-electron chi connectivity index (χ1n) is 3.32. The molecule has 0 radical (unpaired) electrons. The van der Waals surface area contributed by atoms with Gasteiger partial charge in [0.25, 0.3) is 0 Å². The van der Waals surface area contributed by atoms with Crippen molar-refractivity contribution in [1.82, 2.24) is 0 Å². The summed E-state index contributed by atoms with van der Waals surface area (Å²) in [5, 5.41) is 0. The molecule has 0 aromatic carbocycles. The van der Waals surface area contributed by atoms with Gasteiger partial charge in [0.1, 0.15) is 5.78 Å². The monoisotopic (exact) mass is 158 g/mol. The van der Waals surface area contributed by atoms with Gasteiger partial charge in [0.2, 0.25) is 0 Å². The Morgan fingerprint density at radius 3 is 1.82 bits per heavy atom. The maximum atomic E-state index is 9.81. The van der Waals surface area contributed by atoms with Gasteiger partial charge < -0.3 is 9.53 Å². The third kappa shape index (κ3) is 27.9. The number of ether oxygens (including phenoxy) is 1. The number of rotatable bonds is 2. The van der Waals surface area contributed by atoms with Crippen molar-refractivity contribution in [2.45, 2.75) is 27.2 Å². The van der Waals surface area contributed by atoms with E-state index >= 15 is 0 Å². The van der Waals surface area contributed by atoms with Crippen molar-refractivity contribution in [3.8, 4) is 0 Å². The van der Waals surface area contributed by atoms with E-state index in [0.29, 0.717) is 6.42 Å². The van der Waals surface area contributed by atoms with Crippen LogP contribution in [-0.2, 0) is 14.3 Å². The van der Waals surface area contributed by atoms with Crippen LogP contribution in [0.25, 0.3) is 0 Å². The van der Waals surface area contributed by atoms with Crippen LogP contribution in [0, 0.1) is 0 Å². The fourth-order valence-corrected chi connectivity index (χ4v) is 0.117. The molecule has 0 aliphatic rings. The average molecular weight is 158 g/mol. The topological polar surface area (TPSA) is 43.4 Å². The predicted octanol–water partition coefficient (Wildman–Crippen LogP) is 1.68. The number of esters is 1. The van der Waals surface area contributed by atoms with Gasteiger partial charge in [-0.15, -0.1) is 0 Å². The second kappa shape index (κ2) is 8.88. The molecule has 0 heterocycles. The molecule has 0 N–H and O–H groups in total. The molecule has 0 bridgehead atoms. The van der Waals surface area contributed by atoms with E-state index in [0.717, 1.165) is 6.26 Å². The minimum atomic E-state index is -0.329. The molecule has 0 amide bonds. The highest BCUT2D eigenvalue weighted by atomic mass is 16.5. The fraction of sp³-hybridized carbons (Fsp3) is 0.500. The molecule has 0 aromatic rings. The number of hydrogen-bond acceptors (Lipinski definition) is 3. The molecule has 3 heteroatoms. The van der Waals surface area contributed by atoms with E-state index < -0.39 is 0 Å². The van der Waals surface area contributed by atoms with Crippen LogP contribution in [0.2, 0.25) is 0 Å². The summed E-state index contributed by atoms with van der Waals surface area (Å²) in [6.45, 7) is 7.91. The molecule has 0 aliphatic carbocycles. The number of hydrogen-bond donors (Lipinski definition) is 0. The second-order valence-electron chi connectivity index (χ2n) is 1.83. The number of Topliss-reactive ketones (excluding diaryl/α,β-unsaturated/α-hetero) is 1. The van der Waals surface area contributed by atoms with Crippen LogP contribution < -0.4 is 0 Å². The van der Waals surface area contributed by atoms with Crippen molar-refractivity contribution in [2.75, 3.05) is 0 Å². The van der Waals surface area contributed by atoms with Crippen molar-refractivity contribution >= 4 is 11.8 Å². The molecule has 0 aliphatic heterocycles. The first-order valence-corrected chi connectivity index (χ1v) is 3.32. The van der Waals surface area contributed by atoms with Crippen molar-refractivity contribution in [3.05, 3.63) is 12.8 Å². The lowest BCUT2D eigenvalue weighted by Gasteiger charge is -1.83. The van der Waals surface area contributed by atoms with Crippen LogP contribution in [0.15, 0.2) is 12.8 Å². The molecule has 0 atom stereocenters. The standard InChI is InChI=1S/C4H6O2.C4H8O/c1-3-6-4(2)5;1-3-4(2)5/h3H,1H2,2H3;3H2,1-2H3. The third-order valence-electron chi connectivity index (χ3n) is 0.747. The Labute approximate surface area is 67.0 Å². The Balaban J connectivity index is 0. The number of carbonyl (C=O) groups excluding carboxylic acids is 2. The molecule has 0 aromatic heterocycles. The van der Waals surface area contributed by atoms with Crippen LogP contribution in [0.3, 0.4) is 0 Å². The molecular weight excluding hydrogens is 144 g/mol. The highest BCUT2D eigenvalue weighted by molar-refractivity contribution is 5.74. The smallest absolute Gasteiger partial charge is 0.307 e. The van der Waals surface area contributed by atoms with Crippen LogP contribution in [0.1, 0.15) is 27.2 Å². The van der Waals surface area contributed by atoms with Gasteiger partial charge in [0.15, 0.2) is 0 Å². The molecular formula is C8H14O3. The summed E-state index contributed by atoms with van der Waals surface area (Å²) in [6.07, 6.45) is 1.77. The van der Waals surface area contributed by atoms with Gasteiger partial charge in [-0.1, -0.05) is 13.5 Å². The van der Waals surface area contributed by atoms with Crippen LogP contribution in [0.5, 0.6) is 0 Å². The minimum Gasteiger partial charge on any atom is -0.435 e. The van der Waals surface area contributed by atoms with Gasteiger partial charge in [0.05, 0.1) is 6.26 Å². The van der Waals surface area contributed by atoms with Gasteiger partial charge in [0, 0.05) is 13.3 Å². The largest absolute Gasteiger partial charge is 0.435 e. The summed E-state index contributed by atoms with van der Waals surface area (Å²) in [6, 6.07) is 0. The quantitative estimate of drug-likeness (QED) is 0.453. The first-order chi connectivity index (χ1) is 5.04. The lowest BCUT2D eigenvalue weighted by Crippen LogP contribution is -1.87. The molecule has 0 saturated carbocycles. The van der Waals surface area contributed by atoms with Crippen molar-refractivity contribution in [1.29, 1.82) is 0 Å². The Morgan fingerprint density at radius 1 is 1.45 bits per heavy atom. The highest BCUT2D eigenvalue weighted by Crippen LogP contribution is 1.71. The van der Waals surface area contributed by atoms with E-state index in [1.807, 2.05) is 6.92 Å². The number of carbonyl (C=O) groups is 2. The summed E-state index contributed by atoms with van der Waals surface area (Å²) in [5.41, 5.74) is 0. The van der Waals surface area contributed by atoms with Gasteiger partial charge in [-0.05, 0) is 6.92 Å². The third-order valence-corrected chi connectivity index (χ3v) is 0.747. The Hall–Kier alpha value is -1.12. The Kier molecular flexibility index (Phi) is 10.1. The molecule has 0 rings (SSSR count). The summed E-state index contributed by atoms with van der Waals surface area (Å²) in [4.78, 5) is 19.6. The normalized spacial score (nSPS) is 7.18. The molecule has 0 unspecified atom stereocenters. The van der Waals surface area contributed by atoms with Crippen molar-refractivity contribution in [2.24, 2.45) is 0 Å². The van der Waals surface area contributed by atoms with E-state index in [1.54, 1.807) is 6.92 Å². The molecule has 0 spiro atoms. The average Bonchev–Trinajstić information content (AvgIpc) is 1.89. The van der Waals surface area contributed by atoms with E-state index in [1.165, 1.54) is 6.92 Å². The van der Waals surface area contributed by atoms with E-state index in [4.69, 9.17) is 0 Å². The summed E-state index contributed by atoms with van der Waals surface area (Å²) < 4.78 is 4.17. The minimum absolute atomic E-state index is 0.255. The zero-order valence-corrected chi connectivity index (χ0v) is 7.22. The lowest BCUT2D eigenvalue weighted by atomic mass is 10.4. The maximum Gasteiger partial charge on any atom is 0.307 e. The van der Waals surface area contributed by atoms with Gasteiger partial charge in [-0.2, -0.15) is 0 Å². The van der Waals surface area contributed by atoms with E-state index in [2.05, 4.69) is 11.3 Å². The van der Waals surface area contributed by atoms with Crippen molar-refractivity contribution < 1.29 is 14.3 Å².